The van der Waals surface area contributed by atoms with E-state index in [1.165, 1.54) is 0 Å². The molecule has 0 bridgehead atoms. The van der Waals surface area contributed by atoms with Crippen molar-refractivity contribution in [2.75, 3.05) is 18.6 Å². The molecule has 0 saturated carbocycles. The van der Waals surface area contributed by atoms with E-state index in [9.17, 15) is 0 Å². The van der Waals surface area contributed by atoms with Crippen LogP contribution in [0.3, 0.4) is 0 Å². The Morgan fingerprint density at radius 3 is 2.67 bits per heavy atom. The summed E-state index contributed by atoms with van der Waals surface area (Å²) in [5.74, 6) is 0.755. The van der Waals surface area contributed by atoms with Crippen molar-refractivity contribution in [3.05, 3.63) is 18.0 Å². The summed E-state index contributed by atoms with van der Waals surface area (Å²) in [6, 6.07) is 0.504. The Balaban J connectivity index is 2.04. The lowest BCUT2D eigenvalue weighted by Crippen LogP contribution is -2.37. The summed E-state index contributed by atoms with van der Waals surface area (Å²) < 4.78 is 5.57. The average molecular weight is 250 g/mol. The first-order valence-electron chi connectivity index (χ1n) is 6.49. The highest BCUT2D eigenvalue weighted by Crippen LogP contribution is 2.21. The Labute approximate surface area is 108 Å². The number of hydrogen-bond donors (Lipinski definition) is 1. The maximum atomic E-state index is 5.76. The summed E-state index contributed by atoms with van der Waals surface area (Å²) in [5, 5.41) is 0. The van der Waals surface area contributed by atoms with Crippen molar-refractivity contribution in [1.29, 1.82) is 0 Å². The fourth-order valence-electron chi connectivity index (χ4n) is 2.38. The van der Waals surface area contributed by atoms with Gasteiger partial charge in [-0.3, -0.25) is 0 Å². The van der Waals surface area contributed by atoms with Gasteiger partial charge in [-0.05, 0) is 32.3 Å². The van der Waals surface area contributed by atoms with Crippen LogP contribution in [0.1, 0.15) is 25.8 Å². The van der Waals surface area contributed by atoms with E-state index < -0.39 is 0 Å². The summed E-state index contributed by atoms with van der Waals surface area (Å²) in [6.07, 6.45) is 5.81. The van der Waals surface area contributed by atoms with Crippen LogP contribution in [0.4, 0.5) is 5.95 Å². The third kappa shape index (κ3) is 2.97. The number of aromatic nitrogens is 2. The maximum absolute atomic E-state index is 5.76. The van der Waals surface area contributed by atoms with Gasteiger partial charge in [0.25, 0.3) is 0 Å². The molecule has 0 spiro atoms. The summed E-state index contributed by atoms with van der Waals surface area (Å²) in [4.78, 5) is 10.9. The van der Waals surface area contributed by atoms with Gasteiger partial charge >= 0.3 is 0 Å². The van der Waals surface area contributed by atoms with E-state index in [-0.39, 0.29) is 12.1 Å². The van der Waals surface area contributed by atoms with E-state index in [1.54, 1.807) is 0 Å². The van der Waals surface area contributed by atoms with Crippen LogP contribution in [0.15, 0.2) is 12.4 Å². The van der Waals surface area contributed by atoms with Gasteiger partial charge in [-0.1, -0.05) is 0 Å². The van der Waals surface area contributed by atoms with Crippen molar-refractivity contribution in [3.63, 3.8) is 0 Å². The van der Waals surface area contributed by atoms with Gasteiger partial charge in [-0.2, -0.15) is 0 Å². The molecule has 1 aromatic rings. The molecule has 5 nitrogen and oxygen atoms in total. The average Bonchev–Trinajstić information content (AvgIpc) is 2.75. The normalized spacial score (nSPS) is 25.1. The van der Waals surface area contributed by atoms with E-state index in [2.05, 4.69) is 21.8 Å². The summed E-state index contributed by atoms with van der Waals surface area (Å²) in [7, 11) is 2.02. The SMILES string of the molecule is CC(N)Cc1cnc(N(C)C2CCOC2C)nc1. The van der Waals surface area contributed by atoms with Crippen LogP contribution in [-0.4, -0.2) is 41.8 Å². The van der Waals surface area contributed by atoms with Crippen LogP contribution in [-0.2, 0) is 11.2 Å². The van der Waals surface area contributed by atoms with E-state index in [0.717, 1.165) is 31.0 Å². The molecule has 2 N–H and O–H groups in total. The largest absolute Gasteiger partial charge is 0.376 e. The number of hydrogen-bond acceptors (Lipinski definition) is 5. The first kappa shape index (κ1) is 13.2. The fourth-order valence-corrected chi connectivity index (χ4v) is 2.38. The molecule has 0 amide bonds. The molecule has 1 aromatic heterocycles. The molecule has 1 aliphatic rings. The number of nitrogens with two attached hydrogens (primary N) is 1. The lowest BCUT2D eigenvalue weighted by Gasteiger charge is -2.26. The smallest absolute Gasteiger partial charge is 0.225 e. The quantitative estimate of drug-likeness (QED) is 0.863. The van der Waals surface area contributed by atoms with Crippen molar-refractivity contribution in [3.8, 4) is 0 Å². The highest BCUT2D eigenvalue weighted by molar-refractivity contribution is 5.31. The summed E-state index contributed by atoms with van der Waals surface area (Å²) >= 11 is 0. The monoisotopic (exact) mass is 250 g/mol. The summed E-state index contributed by atoms with van der Waals surface area (Å²) in [5.41, 5.74) is 6.84. The molecule has 2 rings (SSSR count). The highest BCUT2D eigenvalue weighted by atomic mass is 16.5. The summed E-state index contributed by atoms with van der Waals surface area (Å²) in [6.45, 7) is 4.90. The zero-order chi connectivity index (χ0) is 13.1. The second-order valence-corrected chi connectivity index (χ2v) is 5.12. The van der Waals surface area contributed by atoms with E-state index in [1.807, 2.05) is 26.4 Å². The molecule has 1 aliphatic heterocycles. The van der Waals surface area contributed by atoms with Crippen molar-refractivity contribution < 1.29 is 4.74 Å². The number of ether oxygens (including phenoxy) is 1. The van der Waals surface area contributed by atoms with Gasteiger partial charge in [0, 0.05) is 32.1 Å². The maximum Gasteiger partial charge on any atom is 0.225 e. The minimum Gasteiger partial charge on any atom is -0.376 e. The van der Waals surface area contributed by atoms with Crippen LogP contribution in [0.5, 0.6) is 0 Å². The molecule has 5 heteroatoms. The Morgan fingerprint density at radius 2 is 2.17 bits per heavy atom. The Hall–Kier alpha value is -1.20. The minimum atomic E-state index is 0.139. The van der Waals surface area contributed by atoms with Gasteiger partial charge in [0.15, 0.2) is 0 Å². The molecule has 3 atom stereocenters. The molecule has 1 saturated heterocycles. The van der Waals surface area contributed by atoms with E-state index in [0.29, 0.717) is 6.04 Å². The highest BCUT2D eigenvalue weighted by Gasteiger charge is 2.29. The Kier molecular flexibility index (Phi) is 4.14. The molecular weight excluding hydrogens is 228 g/mol. The molecule has 0 aromatic carbocycles. The molecule has 0 aliphatic carbocycles. The Morgan fingerprint density at radius 1 is 1.50 bits per heavy atom. The van der Waals surface area contributed by atoms with Gasteiger partial charge in [-0.25, -0.2) is 9.97 Å². The van der Waals surface area contributed by atoms with Gasteiger partial charge in [-0.15, -0.1) is 0 Å². The zero-order valence-corrected chi connectivity index (χ0v) is 11.3. The number of rotatable bonds is 4. The lowest BCUT2D eigenvalue weighted by molar-refractivity contribution is 0.118. The van der Waals surface area contributed by atoms with Crippen LogP contribution in [0.2, 0.25) is 0 Å². The van der Waals surface area contributed by atoms with E-state index in [4.69, 9.17) is 10.5 Å². The lowest BCUT2D eigenvalue weighted by atomic mass is 10.1. The predicted molar refractivity (Wildman–Crippen MR) is 71.6 cm³/mol. The van der Waals surface area contributed by atoms with Gasteiger partial charge < -0.3 is 15.4 Å². The first-order chi connectivity index (χ1) is 8.58. The van der Waals surface area contributed by atoms with Crippen molar-refractivity contribution in [2.24, 2.45) is 5.73 Å². The van der Waals surface area contributed by atoms with Gasteiger partial charge in [0.1, 0.15) is 0 Å². The Bertz CT molecular complexity index is 379. The van der Waals surface area contributed by atoms with Crippen LogP contribution >= 0.6 is 0 Å². The second kappa shape index (κ2) is 5.63. The number of nitrogens with zero attached hydrogens (tertiary/aromatic N) is 3. The fraction of sp³-hybridized carbons (Fsp3) is 0.692. The van der Waals surface area contributed by atoms with Gasteiger partial charge in [0.05, 0.1) is 12.1 Å². The topological polar surface area (TPSA) is 64.3 Å². The molecule has 100 valence electrons. The van der Waals surface area contributed by atoms with Crippen LogP contribution in [0, 0.1) is 0 Å². The molecular formula is C13H22N4O. The van der Waals surface area contributed by atoms with Crippen molar-refractivity contribution in [2.45, 2.75) is 44.9 Å². The predicted octanol–water partition coefficient (Wildman–Crippen LogP) is 0.980. The molecule has 18 heavy (non-hydrogen) atoms. The number of likely N-dealkylation sites (N-methyl/N-ethyl adjacent to an activating group) is 1. The molecule has 0 radical (unpaired) electrons. The zero-order valence-electron chi connectivity index (χ0n) is 11.3. The van der Waals surface area contributed by atoms with Crippen molar-refractivity contribution >= 4 is 5.95 Å². The third-order valence-electron chi connectivity index (χ3n) is 3.40. The minimum absolute atomic E-state index is 0.139. The van der Waals surface area contributed by atoms with E-state index >= 15 is 0 Å². The molecule has 1 fully saturated rings. The first-order valence-corrected chi connectivity index (χ1v) is 6.49. The van der Waals surface area contributed by atoms with Crippen molar-refractivity contribution in [1.82, 2.24) is 9.97 Å². The molecule has 3 unspecified atom stereocenters. The van der Waals surface area contributed by atoms with Crippen LogP contribution in [0.25, 0.3) is 0 Å². The number of anilines is 1. The second-order valence-electron chi connectivity index (χ2n) is 5.12. The third-order valence-corrected chi connectivity index (χ3v) is 3.40. The molecule has 2 heterocycles. The standard InChI is InChI=1S/C13H22N4O/c1-9(14)6-11-7-15-13(16-8-11)17(3)12-4-5-18-10(12)2/h7-10,12H,4-6,14H2,1-3H3. The van der Waals surface area contributed by atoms with Gasteiger partial charge in [0.2, 0.25) is 5.95 Å². The van der Waals surface area contributed by atoms with Crippen LogP contribution < -0.4 is 10.6 Å².